The molecule has 6 rings (SSSR count). The van der Waals surface area contributed by atoms with Crippen molar-refractivity contribution in [3.05, 3.63) is 146 Å². The molecule has 244 valence electrons. The number of nitrogens with zero attached hydrogens (tertiary/aromatic N) is 3. The summed E-state index contributed by atoms with van der Waals surface area (Å²) in [5.74, 6) is 0.346. The van der Waals surface area contributed by atoms with Crippen molar-refractivity contribution in [1.29, 1.82) is 0 Å². The maximum atomic E-state index is 2.53. The third kappa shape index (κ3) is 6.13. The monoisotopic (exact) mass is 631 g/mol. The Morgan fingerprint density at radius 2 is 0.729 bits per heavy atom. The molecular formula is C43H51B2N3. The van der Waals surface area contributed by atoms with E-state index in [0.717, 1.165) is 0 Å². The van der Waals surface area contributed by atoms with Gasteiger partial charge in [0.15, 0.2) is 0 Å². The van der Waals surface area contributed by atoms with Crippen LogP contribution in [0.15, 0.2) is 73.2 Å². The third-order valence-corrected chi connectivity index (χ3v) is 10.3. The molecule has 0 aliphatic carbocycles. The number of anilines is 3. The van der Waals surface area contributed by atoms with Gasteiger partial charge in [0, 0.05) is 0 Å². The van der Waals surface area contributed by atoms with Crippen molar-refractivity contribution in [2.45, 2.75) is 101 Å². The van der Waals surface area contributed by atoms with E-state index < -0.39 is 0 Å². The molecule has 0 N–H and O–H groups in total. The molecule has 3 nitrogen and oxygen atoms in total. The van der Waals surface area contributed by atoms with Gasteiger partial charge in [-0.3, -0.25) is 0 Å². The summed E-state index contributed by atoms with van der Waals surface area (Å²) in [6, 6.07) is 18.6. The first-order valence-corrected chi connectivity index (χ1v) is 17.5. The van der Waals surface area contributed by atoms with E-state index in [1.165, 1.54) is 89.4 Å². The predicted octanol–water partition coefficient (Wildman–Crippen LogP) is 9.94. The number of aryl methyl sites for hydroxylation is 12. The van der Waals surface area contributed by atoms with Crippen molar-refractivity contribution in [3.8, 4) is 0 Å². The first kappa shape index (κ1) is 33.8. The molecule has 2 heterocycles. The fraction of sp³-hybridized carbons (Fsp3) is 0.349. The van der Waals surface area contributed by atoms with Gasteiger partial charge in [0.25, 0.3) is 0 Å². The second-order valence-corrected chi connectivity index (χ2v) is 14.7. The molecule has 4 aromatic rings. The van der Waals surface area contributed by atoms with Gasteiger partial charge in [-0.15, -0.1) is 0 Å². The molecule has 0 saturated carbocycles. The Morgan fingerprint density at radius 3 is 1.10 bits per heavy atom. The molecular weight excluding hydrogens is 580 g/mol. The molecule has 2 aliphatic heterocycles. The Morgan fingerprint density at radius 1 is 0.396 bits per heavy atom. The zero-order chi connectivity index (χ0) is 34.6. The Kier molecular flexibility index (Phi) is 9.20. The topological polar surface area (TPSA) is 9.72 Å². The van der Waals surface area contributed by atoms with Gasteiger partial charge in [-0.2, -0.15) is 0 Å². The van der Waals surface area contributed by atoms with Gasteiger partial charge < -0.3 is 0 Å². The summed E-state index contributed by atoms with van der Waals surface area (Å²) < 4.78 is 0. The summed E-state index contributed by atoms with van der Waals surface area (Å²) >= 11 is 0. The third-order valence-electron chi connectivity index (χ3n) is 10.3. The summed E-state index contributed by atoms with van der Waals surface area (Å²) in [5.41, 5.74) is 21.1. The van der Waals surface area contributed by atoms with Crippen molar-refractivity contribution >= 4 is 30.7 Å². The molecule has 0 fully saturated rings. The second-order valence-electron chi connectivity index (χ2n) is 14.7. The van der Waals surface area contributed by atoms with Gasteiger partial charge in [0.1, 0.15) is 0 Å². The van der Waals surface area contributed by atoms with Gasteiger partial charge in [-0.05, 0) is 0 Å². The van der Waals surface area contributed by atoms with E-state index in [4.69, 9.17) is 0 Å². The molecule has 2 aliphatic rings. The zero-order valence-corrected chi connectivity index (χ0v) is 31.2. The SMILES string of the molecule is Cc1cc(C)c(C2C=CN(c3c(C)cc(C)cc3C)C2/B=B/C2N(c3c(C)cc(C)cc3C)C=CN2c2c(C)cc(C)cc2C)c(C)c1. The van der Waals surface area contributed by atoms with Gasteiger partial charge in [0.2, 0.25) is 0 Å². The van der Waals surface area contributed by atoms with Crippen LogP contribution in [0.4, 0.5) is 17.1 Å². The van der Waals surface area contributed by atoms with Crippen LogP contribution in [-0.4, -0.2) is 25.6 Å². The van der Waals surface area contributed by atoms with E-state index in [1.54, 1.807) is 0 Å². The molecule has 4 aromatic carbocycles. The quantitative estimate of drug-likeness (QED) is 0.196. The van der Waals surface area contributed by atoms with Crippen LogP contribution in [0.3, 0.4) is 0 Å². The Bertz CT molecular complexity index is 1630. The van der Waals surface area contributed by atoms with Crippen LogP contribution in [0.25, 0.3) is 0 Å². The number of hydrogen-bond acceptors (Lipinski definition) is 3. The van der Waals surface area contributed by atoms with Gasteiger partial charge in [-0.25, -0.2) is 0 Å². The zero-order valence-electron chi connectivity index (χ0n) is 31.2. The molecule has 0 amide bonds. The molecule has 48 heavy (non-hydrogen) atoms. The Labute approximate surface area is 291 Å². The molecule has 0 saturated heterocycles. The molecule has 0 bridgehead atoms. The molecule has 0 aromatic heterocycles. The Balaban J connectivity index is 1.52. The molecule has 5 heteroatoms. The summed E-state index contributed by atoms with van der Waals surface area (Å²) in [7, 11) is 0. The molecule has 0 radical (unpaired) electrons. The van der Waals surface area contributed by atoms with Crippen LogP contribution in [-0.2, 0) is 0 Å². The van der Waals surface area contributed by atoms with Crippen molar-refractivity contribution < 1.29 is 0 Å². The average molecular weight is 632 g/mol. The number of rotatable bonds is 6. The van der Waals surface area contributed by atoms with Gasteiger partial charge in [0.05, 0.1) is 0 Å². The normalized spacial score (nSPS) is 17.6. The van der Waals surface area contributed by atoms with Crippen LogP contribution >= 0.6 is 0 Å². The molecule has 2 unspecified atom stereocenters. The number of benzene rings is 4. The summed E-state index contributed by atoms with van der Waals surface area (Å²) in [4.78, 5) is 7.49. The average Bonchev–Trinajstić information content (AvgIpc) is 3.54. The van der Waals surface area contributed by atoms with Crippen LogP contribution in [0.2, 0.25) is 0 Å². The van der Waals surface area contributed by atoms with E-state index in [1.807, 2.05) is 0 Å². The van der Waals surface area contributed by atoms with E-state index in [0.29, 0.717) is 0 Å². The summed E-state index contributed by atoms with van der Waals surface area (Å²) in [6.07, 6.45) is 9.34. The van der Waals surface area contributed by atoms with Crippen LogP contribution in [0.5, 0.6) is 0 Å². The van der Waals surface area contributed by atoms with E-state index in [2.05, 4.69) is 185 Å². The van der Waals surface area contributed by atoms with Crippen molar-refractivity contribution in [1.82, 2.24) is 0 Å². The van der Waals surface area contributed by atoms with E-state index in [9.17, 15) is 0 Å². The fourth-order valence-electron chi connectivity index (χ4n) is 9.00. The van der Waals surface area contributed by atoms with Crippen molar-refractivity contribution in [3.63, 3.8) is 0 Å². The number of hydrogen-bond donors (Lipinski definition) is 0. The van der Waals surface area contributed by atoms with Crippen LogP contribution in [0.1, 0.15) is 78.2 Å². The second kappa shape index (κ2) is 13.1. The van der Waals surface area contributed by atoms with E-state index >= 15 is 0 Å². The van der Waals surface area contributed by atoms with Gasteiger partial charge in [-0.1, -0.05) is 0 Å². The summed E-state index contributed by atoms with van der Waals surface area (Å²) in [5, 5.41) is 0. The summed E-state index contributed by atoms with van der Waals surface area (Å²) in [6.45, 7) is 31.8. The first-order chi connectivity index (χ1) is 22.7. The maximum absolute atomic E-state index is 2.53. The standard InChI is InChI=1S/C43H51B2N3/c1-25-17-29(5)38(30(6)18-25)37-13-14-46(39-31(7)19-26(2)20-32(39)8)42(37)44-45-43-47(40-33(9)21-27(3)22-34(40)10)15-16-48(43)41-35(11)23-28(4)24-36(41)12/h13-24,37,42-43H,1-12H3. The molecule has 0 spiro atoms. The predicted molar refractivity (Wildman–Crippen MR) is 210 cm³/mol. The first-order valence-electron chi connectivity index (χ1n) is 17.5. The minimum atomic E-state index is -0.0197. The van der Waals surface area contributed by atoms with Gasteiger partial charge >= 0.3 is 292 Å². The van der Waals surface area contributed by atoms with Crippen molar-refractivity contribution in [2.75, 3.05) is 14.7 Å². The van der Waals surface area contributed by atoms with Crippen LogP contribution < -0.4 is 14.7 Å². The Hall–Kier alpha value is -4.11. The van der Waals surface area contributed by atoms with Crippen LogP contribution in [0, 0.1) is 83.1 Å². The van der Waals surface area contributed by atoms with Crippen molar-refractivity contribution in [2.24, 2.45) is 0 Å². The fourth-order valence-corrected chi connectivity index (χ4v) is 9.00. The minimum absolute atomic E-state index is 0.0197. The molecule has 2 atom stereocenters. The van der Waals surface area contributed by atoms with E-state index in [-0.39, 0.29) is 17.9 Å².